The van der Waals surface area contributed by atoms with Gasteiger partial charge in [-0.2, -0.15) is 0 Å². The van der Waals surface area contributed by atoms with E-state index in [2.05, 4.69) is 86.7 Å². The number of imidazole rings is 1. The first kappa shape index (κ1) is 32.1. The van der Waals surface area contributed by atoms with Gasteiger partial charge in [0, 0.05) is 34.9 Å². The maximum absolute atomic E-state index is 6.06. The highest BCUT2D eigenvalue weighted by Crippen LogP contribution is 2.44. The Labute approximate surface area is 269 Å². The van der Waals surface area contributed by atoms with Gasteiger partial charge in [-0.3, -0.25) is 0 Å². The Kier molecular flexibility index (Phi) is 10.7. The minimum atomic E-state index is 0.348. The lowest BCUT2D eigenvalue weighted by Crippen LogP contribution is -2.26. The minimum absolute atomic E-state index is 0.348. The van der Waals surface area contributed by atoms with Gasteiger partial charge in [0.1, 0.15) is 23.1 Å². The quantitative estimate of drug-likeness (QED) is 0.149. The van der Waals surface area contributed by atoms with Crippen molar-refractivity contribution < 1.29 is 9.47 Å². The summed E-state index contributed by atoms with van der Waals surface area (Å²) in [6, 6.07) is 24.1. The van der Waals surface area contributed by atoms with Crippen LogP contribution in [0.25, 0.3) is 16.9 Å². The van der Waals surface area contributed by atoms with Crippen LogP contribution in [0.2, 0.25) is 5.02 Å². The predicted octanol–water partition coefficient (Wildman–Crippen LogP) is 10.4. The van der Waals surface area contributed by atoms with Gasteiger partial charge in [-0.05, 0) is 129 Å². The topological polar surface area (TPSA) is 39.5 Å². The van der Waals surface area contributed by atoms with Crippen LogP contribution >= 0.6 is 11.6 Å². The molecule has 5 nitrogen and oxygen atoms in total. The number of benzene rings is 3. The lowest BCUT2D eigenvalue weighted by Gasteiger charge is -2.36. The van der Waals surface area contributed by atoms with E-state index in [4.69, 9.17) is 26.1 Å². The molecule has 1 saturated carbocycles. The smallest absolute Gasteiger partial charge is 0.127 e. The van der Waals surface area contributed by atoms with Gasteiger partial charge in [0.25, 0.3) is 0 Å². The zero-order valence-electron chi connectivity index (χ0n) is 27.1. The van der Waals surface area contributed by atoms with E-state index in [0.717, 1.165) is 91.4 Å². The first-order chi connectivity index (χ1) is 21.2. The number of rotatable bonds is 12. The van der Waals surface area contributed by atoms with Crippen molar-refractivity contribution in [3.8, 4) is 34.2 Å². The fourth-order valence-corrected chi connectivity index (χ4v) is 6.43. The molecule has 0 aliphatic heterocycles. The zero-order valence-corrected chi connectivity index (χ0v) is 27.8. The average molecular weight is 614 g/mol. The molecule has 0 N–H and O–H groups in total. The highest BCUT2D eigenvalue weighted by molar-refractivity contribution is 6.30. The van der Waals surface area contributed by atoms with Crippen molar-refractivity contribution in [2.75, 3.05) is 26.2 Å². The van der Waals surface area contributed by atoms with Crippen LogP contribution in [0.5, 0.6) is 17.2 Å². The standard InChI is InChI=1S/C38H48ClN3O2/c1-6-41(7-2)25-8-26-43-33-19-11-28(12-20-33)36-27-42(37(40-36)29-9-13-30(14-10-29)38(3,4)5)32-17-23-35(24-18-32)44-34-21-15-31(39)16-22-34/h11-12,15-24,27,29-30H,6-10,13-14,25-26H2,1-5H3/t29-,30+. The second-order valence-electron chi connectivity index (χ2n) is 13.1. The van der Waals surface area contributed by atoms with Gasteiger partial charge in [-0.25, -0.2) is 4.98 Å². The van der Waals surface area contributed by atoms with E-state index in [1.807, 2.05) is 36.4 Å². The molecule has 4 aromatic rings. The monoisotopic (exact) mass is 613 g/mol. The molecule has 0 bridgehead atoms. The molecule has 0 amide bonds. The van der Waals surface area contributed by atoms with Crippen LogP contribution in [0.15, 0.2) is 79.0 Å². The molecule has 0 saturated heterocycles. The summed E-state index contributed by atoms with van der Waals surface area (Å²) in [5, 5.41) is 0.695. The normalized spacial score (nSPS) is 17.2. The van der Waals surface area contributed by atoms with Gasteiger partial charge < -0.3 is 18.9 Å². The van der Waals surface area contributed by atoms with Crippen LogP contribution in [-0.2, 0) is 0 Å². The Morgan fingerprint density at radius 3 is 2.00 bits per heavy atom. The number of aromatic nitrogens is 2. The van der Waals surface area contributed by atoms with Crippen molar-refractivity contribution in [1.29, 1.82) is 0 Å². The van der Waals surface area contributed by atoms with E-state index < -0.39 is 0 Å². The molecule has 1 aliphatic carbocycles. The van der Waals surface area contributed by atoms with Gasteiger partial charge in [-0.15, -0.1) is 0 Å². The van der Waals surface area contributed by atoms with Gasteiger partial charge in [0.2, 0.25) is 0 Å². The first-order valence-electron chi connectivity index (χ1n) is 16.3. The lowest BCUT2D eigenvalue weighted by atomic mass is 9.69. The van der Waals surface area contributed by atoms with E-state index in [-0.39, 0.29) is 0 Å². The summed E-state index contributed by atoms with van der Waals surface area (Å²) in [5.41, 5.74) is 3.54. The summed E-state index contributed by atoms with van der Waals surface area (Å²) in [7, 11) is 0. The highest BCUT2D eigenvalue weighted by atomic mass is 35.5. The van der Waals surface area contributed by atoms with Crippen LogP contribution in [0, 0.1) is 11.3 Å². The largest absolute Gasteiger partial charge is 0.494 e. The van der Waals surface area contributed by atoms with Crippen LogP contribution in [0.1, 0.15) is 78.5 Å². The molecule has 0 spiro atoms. The van der Waals surface area contributed by atoms with Gasteiger partial charge >= 0.3 is 0 Å². The second-order valence-corrected chi connectivity index (χ2v) is 13.5. The molecule has 0 unspecified atom stereocenters. The van der Waals surface area contributed by atoms with Crippen molar-refractivity contribution in [3.05, 3.63) is 89.8 Å². The Morgan fingerprint density at radius 2 is 1.41 bits per heavy atom. The van der Waals surface area contributed by atoms with Crippen molar-refractivity contribution in [2.45, 2.75) is 72.6 Å². The highest BCUT2D eigenvalue weighted by Gasteiger charge is 2.32. The Hall–Kier alpha value is -3.28. The molecule has 44 heavy (non-hydrogen) atoms. The fraction of sp³-hybridized carbons (Fsp3) is 0.447. The number of ether oxygens (including phenoxy) is 2. The SMILES string of the molecule is CCN(CC)CCCOc1ccc(-c2cn(-c3ccc(Oc4ccc(Cl)cc4)cc3)c([C@H]3CC[C@@H](C(C)(C)C)CC3)n2)cc1. The van der Waals surface area contributed by atoms with Crippen LogP contribution in [0.4, 0.5) is 0 Å². The Morgan fingerprint density at radius 1 is 0.818 bits per heavy atom. The number of hydrogen-bond donors (Lipinski definition) is 0. The molecule has 1 aromatic heterocycles. The maximum atomic E-state index is 6.06. The molecule has 1 fully saturated rings. The molecule has 6 heteroatoms. The number of hydrogen-bond acceptors (Lipinski definition) is 4. The molecule has 0 atom stereocenters. The van der Waals surface area contributed by atoms with E-state index in [1.54, 1.807) is 0 Å². The summed E-state index contributed by atoms with van der Waals surface area (Å²) in [4.78, 5) is 7.71. The summed E-state index contributed by atoms with van der Waals surface area (Å²) < 4.78 is 14.4. The van der Waals surface area contributed by atoms with E-state index in [9.17, 15) is 0 Å². The Bertz CT molecular complexity index is 1440. The van der Waals surface area contributed by atoms with E-state index in [1.165, 1.54) is 12.8 Å². The van der Waals surface area contributed by atoms with Crippen molar-refractivity contribution >= 4 is 11.6 Å². The van der Waals surface area contributed by atoms with Gasteiger partial charge in [0.05, 0.1) is 12.3 Å². The minimum Gasteiger partial charge on any atom is -0.494 e. The van der Waals surface area contributed by atoms with Crippen LogP contribution < -0.4 is 9.47 Å². The third kappa shape index (κ3) is 8.25. The van der Waals surface area contributed by atoms with Crippen molar-refractivity contribution in [1.82, 2.24) is 14.5 Å². The number of halogens is 1. The molecular formula is C38H48ClN3O2. The second kappa shape index (κ2) is 14.7. The van der Waals surface area contributed by atoms with E-state index >= 15 is 0 Å². The molecule has 1 aliphatic rings. The van der Waals surface area contributed by atoms with Gasteiger partial charge in [0.15, 0.2) is 0 Å². The molecule has 1 heterocycles. The summed E-state index contributed by atoms with van der Waals surface area (Å²) in [5.74, 6) is 4.79. The lowest BCUT2D eigenvalue weighted by molar-refractivity contribution is 0.167. The maximum Gasteiger partial charge on any atom is 0.127 e. The molecule has 234 valence electrons. The predicted molar refractivity (Wildman–Crippen MR) is 183 cm³/mol. The Balaban J connectivity index is 1.34. The van der Waals surface area contributed by atoms with Crippen LogP contribution in [-0.4, -0.2) is 40.7 Å². The van der Waals surface area contributed by atoms with Crippen molar-refractivity contribution in [3.63, 3.8) is 0 Å². The molecule has 0 radical (unpaired) electrons. The molecule has 3 aromatic carbocycles. The first-order valence-corrected chi connectivity index (χ1v) is 16.7. The third-order valence-corrected chi connectivity index (χ3v) is 9.40. The summed E-state index contributed by atoms with van der Waals surface area (Å²) in [6.45, 7) is 15.5. The zero-order chi connectivity index (χ0) is 31.1. The summed E-state index contributed by atoms with van der Waals surface area (Å²) in [6.07, 6.45) is 8.03. The summed E-state index contributed by atoms with van der Waals surface area (Å²) >= 11 is 6.04. The average Bonchev–Trinajstić information content (AvgIpc) is 3.48. The van der Waals surface area contributed by atoms with Crippen molar-refractivity contribution in [2.24, 2.45) is 11.3 Å². The van der Waals surface area contributed by atoms with Gasteiger partial charge in [-0.1, -0.05) is 46.2 Å². The fourth-order valence-electron chi connectivity index (χ4n) is 6.30. The molecule has 5 rings (SSSR count). The number of nitrogens with zero attached hydrogens (tertiary/aromatic N) is 3. The van der Waals surface area contributed by atoms with Crippen LogP contribution in [0.3, 0.4) is 0 Å². The third-order valence-electron chi connectivity index (χ3n) is 9.15. The molecular weight excluding hydrogens is 566 g/mol. The van der Waals surface area contributed by atoms with E-state index in [0.29, 0.717) is 16.4 Å².